The predicted octanol–water partition coefficient (Wildman–Crippen LogP) is 3.32. The lowest BCUT2D eigenvalue weighted by atomic mass is 9.89. The Hall–Kier alpha value is -1.56. The molecule has 1 saturated carbocycles. The summed E-state index contributed by atoms with van der Waals surface area (Å²) in [6.07, 6.45) is 2.94. The summed E-state index contributed by atoms with van der Waals surface area (Å²) < 4.78 is 13.0. The van der Waals surface area contributed by atoms with Crippen LogP contribution in [0.4, 0.5) is 10.1 Å². The summed E-state index contributed by atoms with van der Waals surface area (Å²) in [5.41, 5.74) is 0.170. The molecule has 1 fully saturated rings. The Balaban J connectivity index is 2.23. The van der Waals surface area contributed by atoms with Crippen LogP contribution >= 0.6 is 0 Å². The van der Waals surface area contributed by atoms with E-state index in [4.69, 9.17) is 0 Å². The summed E-state index contributed by atoms with van der Waals surface area (Å²) in [6, 6.07) is 8.66. The minimum absolute atomic E-state index is 0.274. The first kappa shape index (κ1) is 10.9. The molecular weight excluding hydrogens is 203 g/mol. The summed E-state index contributed by atoms with van der Waals surface area (Å²) in [6.45, 7) is 2.07. The van der Waals surface area contributed by atoms with Crippen LogP contribution in [-0.2, 0) is 0 Å². The molecule has 0 radical (unpaired) electrons. The van der Waals surface area contributed by atoms with Gasteiger partial charge in [-0.3, -0.25) is 0 Å². The Bertz CT molecular complexity index is 424. The molecule has 2 unspecified atom stereocenters. The maximum absolute atomic E-state index is 13.0. The van der Waals surface area contributed by atoms with E-state index in [0.717, 1.165) is 19.3 Å². The van der Waals surface area contributed by atoms with Crippen LogP contribution in [0.1, 0.15) is 26.2 Å². The minimum Gasteiger partial charge on any atom is -0.367 e. The molecule has 0 heterocycles. The molecule has 3 heteroatoms. The van der Waals surface area contributed by atoms with Gasteiger partial charge in [-0.15, -0.1) is 0 Å². The van der Waals surface area contributed by atoms with E-state index in [1.807, 2.05) is 0 Å². The Labute approximate surface area is 95.1 Å². The molecule has 0 aliphatic heterocycles. The fourth-order valence-electron chi connectivity index (χ4n) is 2.38. The molecule has 2 rings (SSSR count). The zero-order valence-corrected chi connectivity index (χ0v) is 9.33. The quantitative estimate of drug-likeness (QED) is 0.826. The third kappa shape index (κ3) is 1.88. The Morgan fingerprint density at radius 1 is 1.56 bits per heavy atom. The van der Waals surface area contributed by atoms with Crippen molar-refractivity contribution in [3.05, 3.63) is 30.1 Å². The third-order valence-corrected chi connectivity index (χ3v) is 3.44. The standard InChI is InChI=1S/C13H15FN2/c1-10-4-3-7-13(10,9-15)16-12-6-2-5-11(14)8-12/h2,5-6,8,10,16H,3-4,7H2,1H3. The van der Waals surface area contributed by atoms with Crippen LogP contribution in [-0.4, -0.2) is 5.54 Å². The normalized spacial score (nSPS) is 28.7. The van der Waals surface area contributed by atoms with Crippen molar-refractivity contribution >= 4 is 5.69 Å². The highest BCUT2D eigenvalue weighted by atomic mass is 19.1. The lowest BCUT2D eigenvalue weighted by Crippen LogP contribution is -2.39. The van der Waals surface area contributed by atoms with Gasteiger partial charge in [-0.1, -0.05) is 13.0 Å². The summed E-state index contributed by atoms with van der Waals surface area (Å²) in [5, 5.41) is 12.5. The smallest absolute Gasteiger partial charge is 0.127 e. The average molecular weight is 218 g/mol. The maximum atomic E-state index is 13.0. The van der Waals surface area contributed by atoms with E-state index in [1.165, 1.54) is 12.1 Å². The van der Waals surface area contributed by atoms with Gasteiger partial charge in [-0.2, -0.15) is 5.26 Å². The van der Waals surface area contributed by atoms with Gasteiger partial charge in [0, 0.05) is 5.69 Å². The molecule has 1 aliphatic carbocycles. The summed E-state index contributed by atoms with van der Waals surface area (Å²) in [7, 11) is 0. The molecule has 2 nitrogen and oxygen atoms in total. The number of hydrogen-bond acceptors (Lipinski definition) is 2. The van der Waals surface area contributed by atoms with E-state index in [2.05, 4.69) is 18.3 Å². The zero-order chi connectivity index (χ0) is 11.6. The van der Waals surface area contributed by atoms with Crippen LogP contribution in [0.3, 0.4) is 0 Å². The first-order chi connectivity index (χ1) is 7.66. The molecule has 2 atom stereocenters. The van der Waals surface area contributed by atoms with E-state index >= 15 is 0 Å². The van der Waals surface area contributed by atoms with E-state index < -0.39 is 5.54 Å². The first-order valence-corrected chi connectivity index (χ1v) is 5.61. The SMILES string of the molecule is CC1CCCC1(C#N)Nc1cccc(F)c1. The second-order valence-electron chi connectivity index (χ2n) is 4.51. The minimum atomic E-state index is -0.520. The number of halogens is 1. The monoisotopic (exact) mass is 218 g/mol. The van der Waals surface area contributed by atoms with Gasteiger partial charge in [0.05, 0.1) is 6.07 Å². The van der Waals surface area contributed by atoms with Gasteiger partial charge in [0.15, 0.2) is 0 Å². The van der Waals surface area contributed by atoms with Crippen molar-refractivity contribution in [2.75, 3.05) is 5.32 Å². The largest absolute Gasteiger partial charge is 0.367 e. The maximum Gasteiger partial charge on any atom is 0.127 e. The van der Waals surface area contributed by atoms with Crippen molar-refractivity contribution < 1.29 is 4.39 Å². The molecule has 0 spiro atoms. The summed E-state index contributed by atoms with van der Waals surface area (Å²) in [5.74, 6) is 0.0320. The number of anilines is 1. The van der Waals surface area contributed by atoms with Crippen molar-refractivity contribution in [2.45, 2.75) is 31.7 Å². The molecule has 0 bridgehead atoms. The van der Waals surface area contributed by atoms with Gasteiger partial charge >= 0.3 is 0 Å². The van der Waals surface area contributed by atoms with Crippen LogP contribution in [0.5, 0.6) is 0 Å². The van der Waals surface area contributed by atoms with Crippen LogP contribution < -0.4 is 5.32 Å². The topological polar surface area (TPSA) is 35.8 Å². The second kappa shape index (κ2) is 4.13. The predicted molar refractivity (Wildman–Crippen MR) is 61.4 cm³/mol. The van der Waals surface area contributed by atoms with Crippen LogP contribution in [0.15, 0.2) is 24.3 Å². The van der Waals surface area contributed by atoms with Crippen LogP contribution in [0, 0.1) is 23.1 Å². The fraction of sp³-hybridized carbons (Fsp3) is 0.462. The van der Waals surface area contributed by atoms with Gasteiger partial charge in [0.25, 0.3) is 0 Å². The Morgan fingerprint density at radius 2 is 2.38 bits per heavy atom. The molecule has 16 heavy (non-hydrogen) atoms. The van der Waals surface area contributed by atoms with Crippen molar-refractivity contribution in [1.29, 1.82) is 5.26 Å². The molecule has 0 saturated heterocycles. The van der Waals surface area contributed by atoms with Crippen LogP contribution in [0.25, 0.3) is 0 Å². The Morgan fingerprint density at radius 3 is 2.94 bits per heavy atom. The first-order valence-electron chi connectivity index (χ1n) is 5.61. The summed E-state index contributed by atoms with van der Waals surface area (Å²) in [4.78, 5) is 0. The lowest BCUT2D eigenvalue weighted by molar-refractivity contribution is 0.464. The molecular formula is C13H15FN2. The number of nitrogens with one attached hydrogen (secondary N) is 1. The van der Waals surface area contributed by atoms with Crippen molar-refractivity contribution in [2.24, 2.45) is 5.92 Å². The van der Waals surface area contributed by atoms with Crippen LogP contribution in [0.2, 0.25) is 0 Å². The third-order valence-electron chi connectivity index (χ3n) is 3.44. The van der Waals surface area contributed by atoms with E-state index in [1.54, 1.807) is 12.1 Å². The Kier molecular flexibility index (Phi) is 2.82. The second-order valence-corrected chi connectivity index (χ2v) is 4.51. The molecule has 0 amide bonds. The van der Waals surface area contributed by atoms with Gasteiger partial charge in [-0.25, -0.2) is 4.39 Å². The summed E-state index contributed by atoms with van der Waals surface area (Å²) >= 11 is 0. The number of hydrogen-bond donors (Lipinski definition) is 1. The highest BCUT2D eigenvalue weighted by molar-refractivity contribution is 5.48. The molecule has 1 aliphatic rings. The van der Waals surface area contributed by atoms with Crippen molar-refractivity contribution in [3.63, 3.8) is 0 Å². The molecule has 1 aromatic rings. The average Bonchev–Trinajstić information content (AvgIpc) is 2.61. The number of benzene rings is 1. The van der Waals surface area contributed by atoms with Gasteiger partial charge in [0.1, 0.15) is 11.4 Å². The molecule has 84 valence electrons. The molecule has 1 N–H and O–H groups in total. The highest BCUT2D eigenvalue weighted by Crippen LogP contribution is 2.37. The van der Waals surface area contributed by atoms with Crippen molar-refractivity contribution in [3.8, 4) is 6.07 Å². The highest BCUT2D eigenvalue weighted by Gasteiger charge is 2.40. The van der Waals surface area contributed by atoms with E-state index in [9.17, 15) is 9.65 Å². The zero-order valence-electron chi connectivity index (χ0n) is 9.33. The number of rotatable bonds is 2. The molecule has 0 aromatic heterocycles. The van der Waals surface area contributed by atoms with Gasteiger partial charge < -0.3 is 5.32 Å². The van der Waals surface area contributed by atoms with Gasteiger partial charge in [0.2, 0.25) is 0 Å². The van der Waals surface area contributed by atoms with E-state index in [-0.39, 0.29) is 5.82 Å². The van der Waals surface area contributed by atoms with Crippen molar-refractivity contribution in [1.82, 2.24) is 0 Å². The van der Waals surface area contributed by atoms with Gasteiger partial charge in [-0.05, 0) is 43.4 Å². The lowest BCUT2D eigenvalue weighted by Gasteiger charge is -2.28. The fourth-order valence-corrected chi connectivity index (χ4v) is 2.38. The number of nitrogens with zero attached hydrogens (tertiary/aromatic N) is 1. The van der Waals surface area contributed by atoms with E-state index in [0.29, 0.717) is 11.6 Å². The molecule has 1 aromatic carbocycles. The number of nitriles is 1.